The molecule has 0 aliphatic carbocycles. The molecule has 4 nitrogen and oxygen atoms in total. The van der Waals surface area contributed by atoms with Crippen LogP contribution in [0.2, 0.25) is 0 Å². The van der Waals surface area contributed by atoms with Crippen molar-refractivity contribution in [2.75, 3.05) is 18.1 Å². The lowest BCUT2D eigenvalue weighted by Gasteiger charge is -2.02. The van der Waals surface area contributed by atoms with Crippen LogP contribution in [0.1, 0.15) is 6.42 Å². The molecule has 0 radical (unpaired) electrons. The lowest BCUT2D eigenvalue weighted by Crippen LogP contribution is -2.02. The van der Waals surface area contributed by atoms with Crippen LogP contribution in [0.4, 0.5) is 5.82 Å². The first kappa shape index (κ1) is 9.81. The maximum atomic E-state index is 8.31. The van der Waals surface area contributed by atoms with E-state index in [4.69, 9.17) is 5.26 Å². The van der Waals surface area contributed by atoms with E-state index in [0.717, 1.165) is 10.8 Å². The zero-order chi connectivity index (χ0) is 9.52. The summed E-state index contributed by atoms with van der Waals surface area (Å²) in [5.41, 5.74) is 0. The van der Waals surface area contributed by atoms with E-state index < -0.39 is 0 Å². The molecule has 68 valence electrons. The second-order valence-corrected chi connectivity index (χ2v) is 3.11. The molecule has 0 spiro atoms. The quantitative estimate of drug-likeness (QED) is 0.581. The van der Waals surface area contributed by atoms with Crippen LogP contribution in [0.3, 0.4) is 0 Å². The summed E-state index contributed by atoms with van der Waals surface area (Å²) in [5.74, 6) is 0.724. The van der Waals surface area contributed by atoms with E-state index in [0.29, 0.717) is 13.0 Å². The maximum Gasteiger partial charge on any atom is 0.145 e. The highest BCUT2D eigenvalue weighted by Gasteiger charge is 1.95. The van der Waals surface area contributed by atoms with Gasteiger partial charge in [0.25, 0.3) is 0 Å². The largest absolute Gasteiger partial charge is 0.368 e. The second-order valence-electron chi connectivity index (χ2n) is 2.28. The Hall–Kier alpha value is -1.28. The zero-order valence-corrected chi connectivity index (χ0v) is 8.14. The lowest BCUT2D eigenvalue weighted by atomic mass is 10.4. The minimum absolute atomic E-state index is 0.477. The lowest BCUT2D eigenvalue weighted by molar-refractivity contribution is 1.00. The van der Waals surface area contributed by atoms with E-state index in [-0.39, 0.29) is 0 Å². The number of rotatable bonds is 4. The third-order valence-corrected chi connectivity index (χ3v) is 1.98. The molecular weight excluding hydrogens is 184 g/mol. The van der Waals surface area contributed by atoms with Gasteiger partial charge in [0.15, 0.2) is 0 Å². The molecule has 1 aromatic heterocycles. The normalized spacial score (nSPS) is 9.23. The molecule has 0 amide bonds. The first-order valence-corrected chi connectivity index (χ1v) is 5.06. The molecule has 1 N–H and O–H groups in total. The van der Waals surface area contributed by atoms with E-state index in [2.05, 4.69) is 21.4 Å². The van der Waals surface area contributed by atoms with Crippen LogP contribution in [-0.2, 0) is 0 Å². The molecule has 1 heterocycles. The van der Waals surface area contributed by atoms with Gasteiger partial charge in [0.1, 0.15) is 10.8 Å². The average molecular weight is 194 g/mol. The van der Waals surface area contributed by atoms with Crippen molar-refractivity contribution in [1.82, 2.24) is 9.97 Å². The molecule has 0 aromatic carbocycles. The molecule has 0 aliphatic rings. The molecule has 0 saturated heterocycles. The van der Waals surface area contributed by atoms with E-state index in [1.807, 2.05) is 6.26 Å². The summed E-state index contributed by atoms with van der Waals surface area (Å²) in [6.07, 6.45) is 5.78. The van der Waals surface area contributed by atoms with Crippen LogP contribution in [0.25, 0.3) is 0 Å². The van der Waals surface area contributed by atoms with Crippen molar-refractivity contribution >= 4 is 17.6 Å². The predicted molar refractivity (Wildman–Crippen MR) is 52.5 cm³/mol. The number of nitrogens with one attached hydrogen (secondary N) is 1. The highest BCUT2D eigenvalue weighted by atomic mass is 32.2. The summed E-state index contributed by atoms with van der Waals surface area (Å²) < 4.78 is 0. The van der Waals surface area contributed by atoms with Crippen molar-refractivity contribution in [2.24, 2.45) is 0 Å². The number of hydrogen-bond donors (Lipinski definition) is 1. The van der Waals surface area contributed by atoms with Crippen molar-refractivity contribution in [1.29, 1.82) is 5.26 Å². The van der Waals surface area contributed by atoms with Crippen LogP contribution in [-0.4, -0.2) is 22.8 Å². The molecule has 13 heavy (non-hydrogen) atoms. The van der Waals surface area contributed by atoms with Gasteiger partial charge in [0.2, 0.25) is 0 Å². The van der Waals surface area contributed by atoms with Crippen molar-refractivity contribution in [3.63, 3.8) is 0 Å². The predicted octanol–water partition coefficient (Wildman–Crippen LogP) is 1.52. The standard InChI is InChI=1S/C8H10N4S/c1-13-8-6-10-5-7(12-8)11-4-2-3-9/h5-6H,2,4H2,1H3,(H,11,12). The molecule has 0 unspecified atom stereocenters. The summed E-state index contributed by atoms with van der Waals surface area (Å²) in [5, 5.41) is 12.2. The number of nitriles is 1. The Labute approximate surface area is 81.4 Å². The van der Waals surface area contributed by atoms with Crippen LogP contribution in [0, 0.1) is 11.3 Å². The van der Waals surface area contributed by atoms with Crippen molar-refractivity contribution in [2.45, 2.75) is 11.4 Å². The minimum atomic E-state index is 0.477. The third-order valence-electron chi connectivity index (χ3n) is 1.36. The van der Waals surface area contributed by atoms with E-state index in [1.54, 1.807) is 24.2 Å². The fourth-order valence-corrected chi connectivity index (χ4v) is 1.13. The van der Waals surface area contributed by atoms with E-state index in [9.17, 15) is 0 Å². The highest BCUT2D eigenvalue weighted by molar-refractivity contribution is 7.98. The van der Waals surface area contributed by atoms with Gasteiger partial charge in [-0.05, 0) is 6.26 Å². The van der Waals surface area contributed by atoms with Gasteiger partial charge >= 0.3 is 0 Å². The number of hydrogen-bond acceptors (Lipinski definition) is 5. The Bertz CT molecular complexity index is 307. The second kappa shape index (κ2) is 5.38. The average Bonchev–Trinajstić information content (AvgIpc) is 2.19. The Morgan fingerprint density at radius 1 is 1.62 bits per heavy atom. The zero-order valence-electron chi connectivity index (χ0n) is 7.32. The van der Waals surface area contributed by atoms with Crippen LogP contribution in [0.15, 0.2) is 17.4 Å². The monoisotopic (exact) mass is 194 g/mol. The number of nitrogens with zero attached hydrogens (tertiary/aromatic N) is 3. The summed E-state index contributed by atoms with van der Waals surface area (Å²) in [4.78, 5) is 8.25. The maximum absolute atomic E-state index is 8.31. The number of aromatic nitrogens is 2. The van der Waals surface area contributed by atoms with E-state index >= 15 is 0 Å². The molecule has 1 aromatic rings. The van der Waals surface area contributed by atoms with Gasteiger partial charge in [-0.15, -0.1) is 11.8 Å². The van der Waals surface area contributed by atoms with Gasteiger partial charge in [0.05, 0.1) is 24.9 Å². The minimum Gasteiger partial charge on any atom is -0.368 e. The number of anilines is 1. The summed E-state index contributed by atoms with van der Waals surface area (Å²) >= 11 is 1.54. The Morgan fingerprint density at radius 3 is 3.15 bits per heavy atom. The molecular formula is C8H10N4S. The molecule has 0 saturated carbocycles. The van der Waals surface area contributed by atoms with Crippen molar-refractivity contribution < 1.29 is 0 Å². The van der Waals surface area contributed by atoms with Gasteiger partial charge in [-0.1, -0.05) is 0 Å². The first-order valence-electron chi connectivity index (χ1n) is 3.83. The molecule has 0 atom stereocenters. The Morgan fingerprint density at radius 2 is 2.46 bits per heavy atom. The van der Waals surface area contributed by atoms with Crippen LogP contribution < -0.4 is 5.32 Å². The Kier molecular flexibility index (Phi) is 4.06. The summed E-state index contributed by atoms with van der Waals surface area (Å²) in [6.45, 7) is 0.614. The van der Waals surface area contributed by atoms with Gasteiger partial charge in [-0.2, -0.15) is 5.26 Å². The van der Waals surface area contributed by atoms with Gasteiger partial charge in [-0.3, -0.25) is 4.98 Å². The SMILES string of the molecule is CSc1cncc(NCCC#N)n1. The molecule has 5 heteroatoms. The first-order chi connectivity index (χ1) is 6.36. The Balaban J connectivity index is 2.52. The fraction of sp³-hybridized carbons (Fsp3) is 0.375. The molecule has 0 fully saturated rings. The highest BCUT2D eigenvalue weighted by Crippen LogP contribution is 2.11. The van der Waals surface area contributed by atoms with Crippen LogP contribution >= 0.6 is 11.8 Å². The molecule has 0 bridgehead atoms. The third kappa shape index (κ3) is 3.30. The van der Waals surface area contributed by atoms with Gasteiger partial charge < -0.3 is 5.32 Å². The van der Waals surface area contributed by atoms with Crippen molar-refractivity contribution in [3.8, 4) is 6.07 Å². The number of thioether (sulfide) groups is 1. The summed E-state index contributed by atoms with van der Waals surface area (Å²) in [6, 6.07) is 2.05. The van der Waals surface area contributed by atoms with Gasteiger partial charge in [0, 0.05) is 6.54 Å². The van der Waals surface area contributed by atoms with Gasteiger partial charge in [-0.25, -0.2) is 4.98 Å². The van der Waals surface area contributed by atoms with Crippen LogP contribution in [0.5, 0.6) is 0 Å². The molecule has 1 rings (SSSR count). The smallest absolute Gasteiger partial charge is 0.145 e. The molecule has 0 aliphatic heterocycles. The summed E-state index contributed by atoms with van der Waals surface area (Å²) in [7, 11) is 0. The van der Waals surface area contributed by atoms with Crippen molar-refractivity contribution in [3.05, 3.63) is 12.4 Å². The van der Waals surface area contributed by atoms with E-state index in [1.165, 1.54) is 0 Å². The topological polar surface area (TPSA) is 61.6 Å². The fourth-order valence-electron chi connectivity index (χ4n) is 0.778.